The van der Waals surface area contributed by atoms with E-state index in [1.165, 1.54) is 18.5 Å². The van der Waals surface area contributed by atoms with E-state index in [0.29, 0.717) is 26.9 Å². The van der Waals surface area contributed by atoms with Gasteiger partial charge in [0.25, 0.3) is 10.0 Å². The summed E-state index contributed by atoms with van der Waals surface area (Å²) in [5.41, 5.74) is 2.73. The number of aryl methyl sites for hydroxylation is 3. The molecule has 0 unspecified atom stereocenters. The molecule has 1 heterocycles. The molecule has 0 saturated heterocycles. The first-order valence-electron chi connectivity index (χ1n) is 7.73. The second-order valence-corrected chi connectivity index (χ2v) is 8.56. The van der Waals surface area contributed by atoms with Crippen molar-refractivity contribution in [1.82, 2.24) is 15.2 Å². The van der Waals surface area contributed by atoms with E-state index >= 15 is 0 Å². The van der Waals surface area contributed by atoms with Crippen molar-refractivity contribution in [2.45, 2.75) is 35.7 Å². The summed E-state index contributed by atoms with van der Waals surface area (Å²) < 4.78 is 28.3. The SMILES string of the molecule is Cc1cc(C)c(S(=O)(=O)Nc2ccc(O)c(Sc3ncn[nH]3)c2)c(C)c1. The van der Waals surface area contributed by atoms with Crippen LogP contribution in [0.4, 0.5) is 5.69 Å². The third-order valence-corrected chi connectivity index (χ3v) is 6.31. The number of rotatable bonds is 5. The smallest absolute Gasteiger partial charge is 0.262 e. The molecule has 7 nitrogen and oxygen atoms in total. The van der Waals surface area contributed by atoms with Gasteiger partial charge >= 0.3 is 0 Å². The molecule has 3 aromatic rings. The molecule has 0 spiro atoms. The van der Waals surface area contributed by atoms with Gasteiger partial charge < -0.3 is 5.11 Å². The highest BCUT2D eigenvalue weighted by molar-refractivity contribution is 7.99. The van der Waals surface area contributed by atoms with Crippen LogP contribution < -0.4 is 4.72 Å². The minimum absolute atomic E-state index is 0.0250. The van der Waals surface area contributed by atoms with E-state index in [2.05, 4.69) is 19.9 Å². The van der Waals surface area contributed by atoms with Crippen molar-refractivity contribution in [1.29, 1.82) is 0 Å². The molecule has 0 aliphatic carbocycles. The fraction of sp³-hybridized carbons (Fsp3) is 0.176. The van der Waals surface area contributed by atoms with E-state index in [1.807, 2.05) is 19.1 Å². The van der Waals surface area contributed by atoms with Crippen LogP contribution in [0, 0.1) is 20.8 Å². The second kappa shape index (κ2) is 7.00. The minimum Gasteiger partial charge on any atom is -0.507 e. The predicted octanol–water partition coefficient (Wildman–Crippen LogP) is 3.39. The summed E-state index contributed by atoms with van der Waals surface area (Å²) >= 11 is 1.15. The molecule has 9 heteroatoms. The molecule has 0 aliphatic rings. The molecule has 3 N–H and O–H groups in total. The Kier molecular flexibility index (Phi) is 4.92. The maximum Gasteiger partial charge on any atom is 0.262 e. The van der Waals surface area contributed by atoms with Crippen molar-refractivity contribution in [2.24, 2.45) is 0 Å². The van der Waals surface area contributed by atoms with Crippen molar-refractivity contribution < 1.29 is 13.5 Å². The number of nitrogens with one attached hydrogen (secondary N) is 2. The molecule has 1 aromatic heterocycles. The maximum absolute atomic E-state index is 12.9. The van der Waals surface area contributed by atoms with E-state index < -0.39 is 10.0 Å². The van der Waals surface area contributed by atoms with Gasteiger partial charge in [0.1, 0.15) is 12.1 Å². The second-order valence-electron chi connectivity index (χ2n) is 5.91. The zero-order valence-electron chi connectivity index (χ0n) is 14.4. The number of hydrogen-bond donors (Lipinski definition) is 3. The first-order valence-corrected chi connectivity index (χ1v) is 10.0. The Morgan fingerprint density at radius 1 is 1.12 bits per heavy atom. The van der Waals surface area contributed by atoms with Crippen molar-refractivity contribution in [3.05, 3.63) is 53.3 Å². The van der Waals surface area contributed by atoms with Gasteiger partial charge in [-0.05, 0) is 61.9 Å². The number of hydrogen-bond acceptors (Lipinski definition) is 6. The van der Waals surface area contributed by atoms with Crippen LogP contribution in [-0.2, 0) is 10.0 Å². The summed E-state index contributed by atoms with van der Waals surface area (Å²) in [4.78, 5) is 4.70. The van der Waals surface area contributed by atoms with E-state index in [0.717, 1.165) is 17.3 Å². The average molecular weight is 390 g/mol. The Balaban J connectivity index is 1.93. The Hall–Kier alpha value is -2.52. The number of aromatic amines is 1. The fourth-order valence-corrected chi connectivity index (χ4v) is 5.07. The van der Waals surface area contributed by atoms with Crippen molar-refractivity contribution in [2.75, 3.05) is 4.72 Å². The first kappa shape index (κ1) is 18.3. The summed E-state index contributed by atoms with van der Waals surface area (Å²) in [7, 11) is -3.76. The first-order chi connectivity index (χ1) is 12.3. The lowest BCUT2D eigenvalue weighted by molar-refractivity contribution is 0.462. The standard InChI is InChI=1S/C17H18N4O3S2/c1-10-6-11(2)16(12(3)7-10)26(23,24)21-13-4-5-14(22)15(8-13)25-17-18-9-19-20-17/h4-9,21-22H,1-3H3,(H,18,19,20). The molecule has 0 fully saturated rings. The zero-order valence-corrected chi connectivity index (χ0v) is 16.1. The lowest BCUT2D eigenvalue weighted by Crippen LogP contribution is -2.16. The number of aromatic nitrogens is 3. The van der Waals surface area contributed by atoms with E-state index in [9.17, 15) is 13.5 Å². The third kappa shape index (κ3) is 3.83. The summed E-state index contributed by atoms with van der Waals surface area (Å²) in [6.45, 7) is 5.48. The van der Waals surface area contributed by atoms with Crippen LogP contribution in [0.15, 0.2) is 51.6 Å². The molecular formula is C17H18N4O3S2. The van der Waals surface area contributed by atoms with Gasteiger partial charge in [-0.1, -0.05) is 17.7 Å². The quantitative estimate of drug-likeness (QED) is 0.576. The molecular weight excluding hydrogens is 372 g/mol. The van der Waals surface area contributed by atoms with Gasteiger partial charge in [-0.25, -0.2) is 13.4 Å². The van der Waals surface area contributed by atoms with Crippen molar-refractivity contribution in [3.8, 4) is 5.75 Å². The number of nitrogens with zero attached hydrogens (tertiary/aromatic N) is 2. The van der Waals surface area contributed by atoms with Crippen LogP contribution in [-0.4, -0.2) is 28.7 Å². The van der Waals surface area contributed by atoms with Crippen LogP contribution in [0.3, 0.4) is 0 Å². The molecule has 0 atom stereocenters. The Bertz CT molecular complexity index is 1020. The summed E-state index contributed by atoms with van der Waals surface area (Å²) in [6.07, 6.45) is 1.36. The highest BCUT2D eigenvalue weighted by Crippen LogP contribution is 2.35. The summed E-state index contributed by atoms with van der Waals surface area (Å²) in [6, 6.07) is 8.17. The van der Waals surface area contributed by atoms with Gasteiger partial charge in [-0.3, -0.25) is 9.82 Å². The summed E-state index contributed by atoms with van der Waals surface area (Å²) in [5, 5.41) is 16.9. The van der Waals surface area contributed by atoms with E-state index in [1.54, 1.807) is 19.9 Å². The van der Waals surface area contributed by atoms with Crippen LogP contribution in [0.1, 0.15) is 16.7 Å². The third-order valence-electron chi connectivity index (χ3n) is 3.68. The van der Waals surface area contributed by atoms with Crippen LogP contribution in [0.2, 0.25) is 0 Å². The molecule has 136 valence electrons. The van der Waals surface area contributed by atoms with Crippen LogP contribution in [0.5, 0.6) is 5.75 Å². The number of H-pyrrole nitrogens is 1. The predicted molar refractivity (Wildman–Crippen MR) is 100 cm³/mol. The number of phenolic OH excluding ortho intramolecular Hbond substituents is 1. The molecule has 0 saturated carbocycles. The van der Waals surface area contributed by atoms with Gasteiger partial charge in [0.15, 0.2) is 5.16 Å². The fourth-order valence-electron chi connectivity index (χ4n) is 2.80. The van der Waals surface area contributed by atoms with Gasteiger partial charge in [0.05, 0.1) is 15.5 Å². The van der Waals surface area contributed by atoms with Gasteiger partial charge in [0.2, 0.25) is 0 Å². The van der Waals surface area contributed by atoms with E-state index in [-0.39, 0.29) is 10.6 Å². The van der Waals surface area contributed by atoms with Crippen LogP contribution >= 0.6 is 11.8 Å². The molecule has 0 aliphatic heterocycles. The van der Waals surface area contributed by atoms with Crippen molar-refractivity contribution in [3.63, 3.8) is 0 Å². The van der Waals surface area contributed by atoms with Gasteiger partial charge in [0, 0.05) is 0 Å². The molecule has 2 aromatic carbocycles. The monoisotopic (exact) mass is 390 g/mol. The molecule has 3 rings (SSSR count). The largest absolute Gasteiger partial charge is 0.507 e. The molecule has 26 heavy (non-hydrogen) atoms. The number of benzene rings is 2. The molecule has 0 amide bonds. The van der Waals surface area contributed by atoms with Crippen molar-refractivity contribution >= 4 is 27.5 Å². The lowest BCUT2D eigenvalue weighted by atomic mass is 10.1. The number of anilines is 1. The maximum atomic E-state index is 12.9. The Labute approximate surface area is 155 Å². The van der Waals surface area contributed by atoms with E-state index in [4.69, 9.17) is 0 Å². The van der Waals surface area contributed by atoms with Gasteiger partial charge in [-0.2, -0.15) is 5.10 Å². The highest BCUT2D eigenvalue weighted by atomic mass is 32.2. The Morgan fingerprint density at radius 3 is 2.42 bits per heavy atom. The normalized spacial score (nSPS) is 11.5. The summed E-state index contributed by atoms with van der Waals surface area (Å²) in [5.74, 6) is 0.0250. The Morgan fingerprint density at radius 2 is 1.81 bits per heavy atom. The number of sulfonamides is 1. The highest BCUT2D eigenvalue weighted by Gasteiger charge is 2.20. The number of phenols is 1. The molecule has 0 radical (unpaired) electrons. The zero-order chi connectivity index (χ0) is 18.9. The number of aromatic hydroxyl groups is 1. The van der Waals surface area contributed by atoms with Crippen LogP contribution in [0.25, 0.3) is 0 Å². The lowest BCUT2D eigenvalue weighted by Gasteiger charge is -2.14. The molecule has 0 bridgehead atoms. The average Bonchev–Trinajstić information content (AvgIpc) is 3.02. The van der Waals surface area contributed by atoms with Gasteiger partial charge in [-0.15, -0.1) is 0 Å². The topological polar surface area (TPSA) is 108 Å². The minimum atomic E-state index is -3.76.